The van der Waals surface area contributed by atoms with Crippen LogP contribution in [0, 0.1) is 0 Å². The third-order valence-corrected chi connectivity index (χ3v) is 3.13. The molecular weight excluding hydrogens is 293 g/mol. The Balaban J connectivity index is 2.66. The van der Waals surface area contributed by atoms with E-state index in [4.69, 9.17) is 17.3 Å². The average Bonchev–Trinajstić information content (AvgIpc) is 2.24. The minimum atomic E-state index is -0.487. The fourth-order valence-electron chi connectivity index (χ4n) is 1.17. The van der Waals surface area contributed by atoms with Crippen molar-refractivity contribution in [3.63, 3.8) is 0 Å². The van der Waals surface area contributed by atoms with Crippen LogP contribution >= 0.6 is 27.5 Å². The van der Waals surface area contributed by atoms with E-state index in [0.29, 0.717) is 21.7 Å². The summed E-state index contributed by atoms with van der Waals surface area (Å²) in [6, 6.07) is 1.20. The van der Waals surface area contributed by atoms with Crippen molar-refractivity contribution in [2.45, 2.75) is 25.8 Å². The molecule has 0 saturated heterocycles. The summed E-state index contributed by atoms with van der Waals surface area (Å²) < 4.78 is 0.635. The predicted molar refractivity (Wildman–Crippen MR) is 68.5 cm³/mol. The van der Waals surface area contributed by atoms with Crippen molar-refractivity contribution < 1.29 is 4.79 Å². The van der Waals surface area contributed by atoms with Gasteiger partial charge in [0.1, 0.15) is 5.15 Å². The molecule has 0 aliphatic rings. The normalized spacial score (nSPS) is 12.2. The zero-order chi connectivity index (χ0) is 12.1. The minimum absolute atomic E-state index is 0.210. The van der Waals surface area contributed by atoms with E-state index in [2.05, 4.69) is 26.2 Å². The largest absolute Gasteiger partial charge is 0.323 e. The summed E-state index contributed by atoms with van der Waals surface area (Å²) in [5.74, 6) is -0.210. The lowest BCUT2D eigenvalue weighted by Crippen LogP contribution is -2.35. The molecule has 0 bridgehead atoms. The summed E-state index contributed by atoms with van der Waals surface area (Å²) in [7, 11) is 0. The van der Waals surface area contributed by atoms with E-state index in [0.717, 1.165) is 6.42 Å². The number of carbonyl (C=O) groups excluding carboxylic acids is 1. The average molecular weight is 307 g/mol. The van der Waals surface area contributed by atoms with E-state index in [1.807, 2.05) is 6.92 Å². The van der Waals surface area contributed by atoms with Crippen LogP contribution in [0.15, 0.2) is 16.7 Å². The molecule has 1 heterocycles. The van der Waals surface area contributed by atoms with E-state index < -0.39 is 6.04 Å². The molecule has 0 fully saturated rings. The third-order valence-electron chi connectivity index (χ3n) is 2.00. The van der Waals surface area contributed by atoms with Crippen LogP contribution in [0.2, 0.25) is 5.15 Å². The maximum Gasteiger partial charge on any atom is 0.241 e. The molecule has 0 radical (unpaired) electrons. The van der Waals surface area contributed by atoms with Gasteiger partial charge in [-0.1, -0.05) is 24.9 Å². The fraction of sp³-hybridized carbons (Fsp3) is 0.400. The van der Waals surface area contributed by atoms with Gasteiger partial charge in [0.25, 0.3) is 0 Å². The van der Waals surface area contributed by atoms with Crippen LogP contribution < -0.4 is 11.1 Å². The lowest BCUT2D eigenvalue weighted by molar-refractivity contribution is -0.117. The molecule has 0 saturated carbocycles. The van der Waals surface area contributed by atoms with Gasteiger partial charge in [0, 0.05) is 0 Å². The maximum absolute atomic E-state index is 11.6. The van der Waals surface area contributed by atoms with Crippen molar-refractivity contribution in [1.82, 2.24) is 4.98 Å². The van der Waals surface area contributed by atoms with Crippen LogP contribution in [0.4, 0.5) is 5.69 Å². The number of hydrogen-bond acceptors (Lipinski definition) is 3. The highest BCUT2D eigenvalue weighted by Gasteiger charge is 2.12. The smallest absolute Gasteiger partial charge is 0.241 e. The van der Waals surface area contributed by atoms with Crippen LogP contribution in [0.1, 0.15) is 19.8 Å². The summed E-state index contributed by atoms with van der Waals surface area (Å²) in [5.41, 5.74) is 6.25. The first-order valence-corrected chi connectivity index (χ1v) is 6.09. The number of pyridine rings is 1. The summed E-state index contributed by atoms with van der Waals surface area (Å²) in [5, 5.41) is 3.04. The number of halogens is 2. The van der Waals surface area contributed by atoms with Gasteiger partial charge in [-0.3, -0.25) is 4.79 Å². The molecule has 3 N–H and O–H groups in total. The summed E-state index contributed by atoms with van der Waals surface area (Å²) in [6.45, 7) is 1.98. The quantitative estimate of drug-likeness (QED) is 0.840. The zero-order valence-corrected chi connectivity index (χ0v) is 11.2. The summed E-state index contributed by atoms with van der Waals surface area (Å²) >= 11 is 8.96. The van der Waals surface area contributed by atoms with Crippen molar-refractivity contribution in [1.29, 1.82) is 0 Å². The fourth-order valence-corrected chi connectivity index (χ4v) is 1.62. The van der Waals surface area contributed by atoms with Crippen molar-refractivity contribution in [2.75, 3.05) is 5.32 Å². The van der Waals surface area contributed by atoms with Crippen LogP contribution in [0.25, 0.3) is 0 Å². The molecule has 88 valence electrons. The summed E-state index contributed by atoms with van der Waals surface area (Å²) in [4.78, 5) is 15.5. The highest BCUT2D eigenvalue weighted by atomic mass is 79.9. The van der Waals surface area contributed by atoms with E-state index in [-0.39, 0.29) is 5.91 Å². The Morgan fingerprint density at radius 3 is 3.00 bits per heavy atom. The Kier molecular flexibility index (Phi) is 5.18. The lowest BCUT2D eigenvalue weighted by Gasteiger charge is -2.11. The number of aromatic nitrogens is 1. The van der Waals surface area contributed by atoms with Crippen LogP contribution in [0.5, 0.6) is 0 Å². The number of nitrogens with zero attached hydrogens (tertiary/aromatic N) is 1. The second-order valence-electron chi connectivity index (χ2n) is 3.38. The number of anilines is 1. The van der Waals surface area contributed by atoms with E-state index >= 15 is 0 Å². The maximum atomic E-state index is 11.6. The number of carbonyl (C=O) groups is 1. The van der Waals surface area contributed by atoms with Gasteiger partial charge in [-0.2, -0.15) is 0 Å². The first-order valence-electron chi connectivity index (χ1n) is 4.92. The summed E-state index contributed by atoms with van der Waals surface area (Å²) in [6.07, 6.45) is 3.02. The Labute approximate surface area is 108 Å². The monoisotopic (exact) mass is 305 g/mol. The van der Waals surface area contributed by atoms with Gasteiger partial charge in [0.2, 0.25) is 5.91 Å². The van der Waals surface area contributed by atoms with Crippen molar-refractivity contribution in [2.24, 2.45) is 5.73 Å². The molecule has 1 aromatic rings. The SMILES string of the molecule is CCCC(N)C(=O)Nc1cnc(Cl)c(Br)c1. The lowest BCUT2D eigenvalue weighted by atomic mass is 10.1. The van der Waals surface area contributed by atoms with Crippen LogP contribution in [-0.2, 0) is 4.79 Å². The number of amides is 1. The Morgan fingerprint density at radius 1 is 1.75 bits per heavy atom. The first-order chi connectivity index (χ1) is 7.54. The molecule has 0 spiro atoms. The molecule has 1 amide bonds. The van der Waals surface area contributed by atoms with Crippen molar-refractivity contribution >= 4 is 39.1 Å². The van der Waals surface area contributed by atoms with Crippen LogP contribution in [0.3, 0.4) is 0 Å². The number of nitrogens with two attached hydrogens (primary N) is 1. The van der Waals surface area contributed by atoms with Gasteiger partial charge < -0.3 is 11.1 Å². The second kappa shape index (κ2) is 6.18. The molecule has 0 aromatic carbocycles. The standard InChI is InChI=1S/C10H13BrClN3O/c1-2-3-8(13)10(16)15-6-4-7(11)9(12)14-5-6/h4-5,8H,2-3,13H2,1H3,(H,15,16). The minimum Gasteiger partial charge on any atom is -0.323 e. The second-order valence-corrected chi connectivity index (χ2v) is 4.59. The number of rotatable bonds is 4. The Hall–Kier alpha value is -0.650. The van der Waals surface area contributed by atoms with Crippen molar-refractivity contribution in [3.8, 4) is 0 Å². The molecule has 1 aromatic heterocycles. The van der Waals surface area contributed by atoms with E-state index in [1.54, 1.807) is 6.07 Å². The molecule has 0 aliphatic heterocycles. The highest BCUT2D eigenvalue weighted by molar-refractivity contribution is 9.10. The molecular formula is C10H13BrClN3O. The zero-order valence-electron chi connectivity index (χ0n) is 8.84. The topological polar surface area (TPSA) is 68.0 Å². The predicted octanol–water partition coefficient (Wildman–Crippen LogP) is 2.56. The molecule has 4 nitrogen and oxygen atoms in total. The van der Waals surface area contributed by atoms with Gasteiger partial charge >= 0.3 is 0 Å². The highest BCUT2D eigenvalue weighted by Crippen LogP contribution is 2.22. The molecule has 1 rings (SSSR count). The number of nitrogens with one attached hydrogen (secondary N) is 1. The van der Waals surface area contributed by atoms with Crippen LogP contribution in [-0.4, -0.2) is 16.9 Å². The molecule has 16 heavy (non-hydrogen) atoms. The first kappa shape index (κ1) is 13.4. The van der Waals surface area contributed by atoms with E-state index in [9.17, 15) is 4.79 Å². The molecule has 1 unspecified atom stereocenters. The van der Waals surface area contributed by atoms with Gasteiger partial charge in [0.15, 0.2) is 0 Å². The van der Waals surface area contributed by atoms with E-state index in [1.165, 1.54) is 6.20 Å². The molecule has 6 heteroatoms. The van der Waals surface area contributed by atoms with Crippen molar-refractivity contribution in [3.05, 3.63) is 21.9 Å². The third kappa shape index (κ3) is 3.73. The van der Waals surface area contributed by atoms with Gasteiger partial charge in [0.05, 0.1) is 22.4 Å². The number of hydrogen-bond donors (Lipinski definition) is 2. The molecule has 0 aliphatic carbocycles. The molecule has 1 atom stereocenters. The van der Waals surface area contributed by atoms with Gasteiger partial charge in [-0.05, 0) is 28.4 Å². The Morgan fingerprint density at radius 2 is 2.44 bits per heavy atom. The van der Waals surface area contributed by atoms with Gasteiger partial charge in [-0.25, -0.2) is 4.98 Å². The van der Waals surface area contributed by atoms with Gasteiger partial charge in [-0.15, -0.1) is 0 Å². The Bertz CT molecular complexity index is 386.